The van der Waals surface area contributed by atoms with Crippen LogP contribution in [0.3, 0.4) is 0 Å². The molecule has 0 saturated heterocycles. The molecule has 0 fully saturated rings. The Kier molecular flexibility index (Phi) is 4.27. The number of hydrogen-bond donors (Lipinski definition) is 0. The second-order valence-electron chi connectivity index (χ2n) is 6.10. The third-order valence-corrected chi connectivity index (χ3v) is 5.45. The molecule has 1 aliphatic heterocycles. The van der Waals surface area contributed by atoms with Crippen molar-refractivity contribution in [1.82, 2.24) is 5.06 Å². The molecule has 0 spiro atoms. The Balaban J connectivity index is 2.82. The number of nitrogens with zero attached hydrogens (tertiary/aromatic N) is 1. The molecule has 0 aliphatic carbocycles. The van der Waals surface area contributed by atoms with E-state index < -0.39 is 0 Å². The number of hydroxylamine groups is 2. The fraction of sp³-hybridized carbons (Fsp3) is 0.667. The van der Waals surface area contributed by atoms with Gasteiger partial charge in [-0.25, -0.2) is 0 Å². The third kappa shape index (κ3) is 1.85. The first-order chi connectivity index (χ1) is 9.48. The molecule has 1 heterocycles. The lowest BCUT2D eigenvalue weighted by Gasteiger charge is -2.35. The van der Waals surface area contributed by atoms with Crippen LogP contribution < -0.4 is 0 Å². The minimum absolute atomic E-state index is 0.0366. The molecule has 0 N–H and O–H groups in total. The van der Waals surface area contributed by atoms with Crippen molar-refractivity contribution in [1.29, 1.82) is 0 Å². The standard InChI is InChI=1S/C18H28NO/c1-7-14-13(6)12(5)11-15-16(8-2)19(20)18(9-3,10-4)17(14)15/h11,16H,7-10H2,1-6H3. The van der Waals surface area contributed by atoms with Gasteiger partial charge in [-0.1, -0.05) is 33.8 Å². The van der Waals surface area contributed by atoms with Gasteiger partial charge in [-0.3, -0.25) is 0 Å². The van der Waals surface area contributed by atoms with Crippen molar-refractivity contribution in [2.24, 2.45) is 0 Å². The van der Waals surface area contributed by atoms with Gasteiger partial charge >= 0.3 is 0 Å². The van der Waals surface area contributed by atoms with E-state index in [-0.39, 0.29) is 11.6 Å². The Morgan fingerprint density at radius 2 is 1.75 bits per heavy atom. The molecule has 1 radical (unpaired) electrons. The van der Waals surface area contributed by atoms with Crippen molar-refractivity contribution in [2.75, 3.05) is 0 Å². The van der Waals surface area contributed by atoms with Crippen molar-refractivity contribution in [3.8, 4) is 0 Å². The van der Waals surface area contributed by atoms with Gasteiger partial charge in [0.05, 0.1) is 11.6 Å². The predicted molar refractivity (Wildman–Crippen MR) is 83.1 cm³/mol. The lowest BCUT2D eigenvalue weighted by Crippen LogP contribution is -2.39. The van der Waals surface area contributed by atoms with E-state index in [2.05, 4.69) is 47.6 Å². The monoisotopic (exact) mass is 274 g/mol. The Labute approximate surface area is 123 Å². The van der Waals surface area contributed by atoms with Crippen LogP contribution in [0, 0.1) is 13.8 Å². The zero-order valence-electron chi connectivity index (χ0n) is 13.8. The summed E-state index contributed by atoms with van der Waals surface area (Å²) in [5.41, 5.74) is 6.47. The van der Waals surface area contributed by atoms with Crippen LogP contribution in [-0.4, -0.2) is 5.06 Å². The van der Waals surface area contributed by atoms with Gasteiger partial charge in [0.25, 0.3) is 0 Å². The summed E-state index contributed by atoms with van der Waals surface area (Å²) in [6.07, 6.45) is 3.70. The lowest BCUT2D eigenvalue weighted by molar-refractivity contribution is -0.251. The van der Waals surface area contributed by atoms with E-state index in [1.807, 2.05) is 0 Å². The van der Waals surface area contributed by atoms with Gasteiger partial charge in [-0.05, 0) is 67.3 Å². The van der Waals surface area contributed by atoms with Gasteiger partial charge in [0.2, 0.25) is 0 Å². The molecule has 2 nitrogen and oxygen atoms in total. The van der Waals surface area contributed by atoms with Crippen LogP contribution in [0.15, 0.2) is 6.07 Å². The summed E-state index contributed by atoms with van der Waals surface area (Å²) in [6.45, 7) is 13.0. The normalized spacial score (nSPS) is 21.2. The molecule has 20 heavy (non-hydrogen) atoms. The molecule has 1 aromatic rings. The summed E-state index contributed by atoms with van der Waals surface area (Å²) in [6, 6.07) is 2.31. The Morgan fingerprint density at radius 1 is 1.15 bits per heavy atom. The maximum atomic E-state index is 13.0. The smallest absolute Gasteiger partial charge is 0.0749 e. The maximum absolute atomic E-state index is 13.0. The molecule has 1 unspecified atom stereocenters. The van der Waals surface area contributed by atoms with Gasteiger partial charge < -0.3 is 0 Å². The van der Waals surface area contributed by atoms with E-state index >= 15 is 0 Å². The summed E-state index contributed by atoms with van der Waals surface area (Å²) in [5.74, 6) is 0. The van der Waals surface area contributed by atoms with E-state index in [1.54, 1.807) is 0 Å². The fourth-order valence-electron chi connectivity index (χ4n) is 4.10. The van der Waals surface area contributed by atoms with Crippen LogP contribution in [0.5, 0.6) is 0 Å². The maximum Gasteiger partial charge on any atom is 0.0749 e. The summed E-state index contributed by atoms with van der Waals surface area (Å²) < 4.78 is 0. The van der Waals surface area contributed by atoms with Crippen LogP contribution in [0.25, 0.3) is 0 Å². The van der Waals surface area contributed by atoms with Gasteiger partial charge in [0.1, 0.15) is 0 Å². The largest absolute Gasteiger partial charge is 0.137 e. The van der Waals surface area contributed by atoms with Crippen LogP contribution >= 0.6 is 0 Å². The molecule has 0 bridgehead atoms. The van der Waals surface area contributed by atoms with Crippen molar-refractivity contribution >= 4 is 0 Å². The van der Waals surface area contributed by atoms with Gasteiger partial charge in [0.15, 0.2) is 0 Å². The van der Waals surface area contributed by atoms with E-state index in [0.717, 1.165) is 25.7 Å². The molecule has 0 aromatic heterocycles. The molecular formula is C18H28NO. The number of fused-ring (bicyclic) bond motifs is 1. The highest BCUT2D eigenvalue weighted by molar-refractivity contribution is 5.52. The number of hydrogen-bond acceptors (Lipinski definition) is 1. The molecule has 1 aliphatic rings. The fourth-order valence-corrected chi connectivity index (χ4v) is 4.10. The Morgan fingerprint density at radius 3 is 2.20 bits per heavy atom. The average Bonchev–Trinajstić information content (AvgIpc) is 2.68. The summed E-state index contributed by atoms with van der Waals surface area (Å²) in [7, 11) is 0. The average molecular weight is 274 g/mol. The molecule has 0 saturated carbocycles. The molecule has 111 valence electrons. The number of aryl methyl sites for hydroxylation is 1. The lowest BCUT2D eigenvalue weighted by atomic mass is 9.79. The van der Waals surface area contributed by atoms with Gasteiger partial charge in [-0.2, -0.15) is 0 Å². The first kappa shape index (κ1) is 15.5. The first-order valence-corrected chi connectivity index (χ1v) is 8.08. The molecule has 2 rings (SSSR count). The molecule has 2 heteroatoms. The van der Waals surface area contributed by atoms with Crippen molar-refractivity contribution in [2.45, 2.75) is 78.8 Å². The predicted octanol–water partition coefficient (Wildman–Crippen LogP) is 4.99. The highest BCUT2D eigenvalue weighted by Crippen LogP contribution is 2.52. The topological polar surface area (TPSA) is 23.1 Å². The minimum atomic E-state index is -0.306. The van der Waals surface area contributed by atoms with Crippen molar-refractivity contribution in [3.05, 3.63) is 33.9 Å². The van der Waals surface area contributed by atoms with Crippen LogP contribution in [-0.2, 0) is 17.2 Å². The van der Waals surface area contributed by atoms with Crippen LogP contribution in [0.4, 0.5) is 0 Å². The Hall–Kier alpha value is -0.860. The van der Waals surface area contributed by atoms with Gasteiger partial charge in [-0.15, -0.1) is 10.3 Å². The minimum Gasteiger partial charge on any atom is -0.137 e. The van der Waals surface area contributed by atoms with E-state index in [0.29, 0.717) is 0 Å². The van der Waals surface area contributed by atoms with Crippen molar-refractivity contribution in [3.63, 3.8) is 0 Å². The zero-order chi connectivity index (χ0) is 15.1. The quantitative estimate of drug-likeness (QED) is 0.758. The molecule has 1 aromatic carbocycles. The van der Waals surface area contributed by atoms with Crippen LogP contribution in [0.1, 0.15) is 80.8 Å². The summed E-state index contributed by atoms with van der Waals surface area (Å²) >= 11 is 0. The SMILES string of the molecule is CCc1c(C)c(C)cc2c1C(CC)(CC)N([O])C2CC. The number of benzene rings is 1. The Bertz CT molecular complexity index is 503. The summed E-state index contributed by atoms with van der Waals surface area (Å²) in [5, 5.41) is 14.4. The van der Waals surface area contributed by atoms with E-state index in [1.165, 1.54) is 32.9 Å². The van der Waals surface area contributed by atoms with E-state index in [4.69, 9.17) is 0 Å². The third-order valence-electron chi connectivity index (χ3n) is 5.45. The van der Waals surface area contributed by atoms with Crippen LogP contribution in [0.2, 0.25) is 0 Å². The molecular weight excluding hydrogens is 246 g/mol. The second kappa shape index (κ2) is 5.50. The number of rotatable bonds is 4. The summed E-state index contributed by atoms with van der Waals surface area (Å²) in [4.78, 5) is 0. The highest BCUT2D eigenvalue weighted by Gasteiger charge is 2.49. The highest BCUT2D eigenvalue weighted by atomic mass is 16.5. The van der Waals surface area contributed by atoms with Crippen molar-refractivity contribution < 1.29 is 5.21 Å². The molecule has 0 amide bonds. The second-order valence-corrected chi connectivity index (χ2v) is 6.10. The zero-order valence-corrected chi connectivity index (χ0v) is 13.8. The van der Waals surface area contributed by atoms with E-state index in [9.17, 15) is 5.21 Å². The first-order valence-electron chi connectivity index (χ1n) is 8.08. The van der Waals surface area contributed by atoms with Gasteiger partial charge in [0, 0.05) is 0 Å². The molecule has 1 atom stereocenters.